The maximum atomic E-state index is 12.7. The van der Waals surface area contributed by atoms with Crippen LogP contribution in [0.2, 0.25) is 0 Å². The highest BCUT2D eigenvalue weighted by atomic mass is 32.2. The molecule has 0 saturated carbocycles. The minimum absolute atomic E-state index is 0.0972. The minimum Gasteiger partial charge on any atom is -0.506 e. The van der Waals surface area contributed by atoms with Crippen LogP contribution in [0.3, 0.4) is 0 Å². The molecule has 3 aromatic carbocycles. The first-order valence-corrected chi connectivity index (χ1v) is 12.2. The topological polar surface area (TPSA) is 63.8 Å². The molecule has 1 aromatic heterocycles. The predicted octanol–water partition coefficient (Wildman–Crippen LogP) is 6.88. The van der Waals surface area contributed by atoms with Gasteiger partial charge in [0.1, 0.15) is 16.4 Å². The van der Waals surface area contributed by atoms with Crippen molar-refractivity contribution in [3.05, 3.63) is 118 Å². The molecular weight excluding hydrogens is 456 g/mol. The van der Waals surface area contributed by atoms with Gasteiger partial charge in [0.15, 0.2) is 0 Å². The largest absolute Gasteiger partial charge is 0.506 e. The van der Waals surface area contributed by atoms with Crippen LogP contribution in [0.4, 0.5) is 5.69 Å². The van der Waals surface area contributed by atoms with E-state index >= 15 is 0 Å². The van der Waals surface area contributed by atoms with Gasteiger partial charge in [-0.1, -0.05) is 78.5 Å². The molecule has 0 aliphatic carbocycles. The summed E-state index contributed by atoms with van der Waals surface area (Å²) < 4.78 is 7.42. The van der Waals surface area contributed by atoms with E-state index in [4.69, 9.17) is 4.74 Å². The maximum Gasteiger partial charge on any atom is 0.344 e. The van der Waals surface area contributed by atoms with E-state index in [1.807, 2.05) is 66.7 Å². The molecule has 1 aliphatic heterocycles. The zero-order valence-corrected chi connectivity index (χ0v) is 20.0. The Bertz CT molecular complexity index is 1470. The number of aliphatic hydroxyl groups is 1. The Morgan fingerprint density at radius 1 is 1.00 bits per heavy atom. The molecule has 5 nitrogen and oxygen atoms in total. The lowest BCUT2D eigenvalue weighted by atomic mass is 10.1. The van der Waals surface area contributed by atoms with Gasteiger partial charge in [-0.2, -0.15) is 0 Å². The second kappa shape index (κ2) is 10.1. The molecule has 0 unspecified atom stereocenters. The maximum absolute atomic E-state index is 12.7. The highest BCUT2D eigenvalue weighted by Gasteiger charge is 2.33. The van der Waals surface area contributed by atoms with Gasteiger partial charge in [-0.05, 0) is 36.8 Å². The number of benzene rings is 3. The smallest absolute Gasteiger partial charge is 0.344 e. The van der Waals surface area contributed by atoms with Crippen LogP contribution in [0.25, 0.3) is 17.0 Å². The van der Waals surface area contributed by atoms with Gasteiger partial charge in [0.25, 0.3) is 0 Å². The van der Waals surface area contributed by atoms with Gasteiger partial charge in [0, 0.05) is 29.2 Å². The molecule has 1 aliphatic rings. The van der Waals surface area contributed by atoms with Crippen molar-refractivity contribution in [1.29, 1.82) is 0 Å². The van der Waals surface area contributed by atoms with Gasteiger partial charge in [-0.3, -0.25) is 0 Å². The Kier molecular flexibility index (Phi) is 6.55. The van der Waals surface area contributed by atoms with Crippen LogP contribution in [0.1, 0.15) is 18.1 Å². The van der Waals surface area contributed by atoms with Crippen molar-refractivity contribution >= 4 is 45.4 Å². The number of ether oxygens (including phenoxy) is 1. The zero-order valence-electron chi connectivity index (χ0n) is 19.2. The normalized spacial score (nSPS) is 15.9. The highest BCUT2D eigenvalue weighted by molar-refractivity contribution is 8.18. The number of carbonyl (C=O) groups is 1. The first-order chi connectivity index (χ1) is 17.1. The van der Waals surface area contributed by atoms with E-state index in [1.165, 1.54) is 17.3 Å². The average Bonchev–Trinajstić information content (AvgIpc) is 3.37. The fourth-order valence-corrected chi connectivity index (χ4v) is 5.08. The molecule has 0 atom stereocenters. The molecule has 0 amide bonds. The fourth-order valence-electron chi connectivity index (χ4n) is 4.05. The molecule has 174 valence electrons. The van der Waals surface area contributed by atoms with Crippen molar-refractivity contribution in [2.75, 3.05) is 6.61 Å². The summed E-state index contributed by atoms with van der Waals surface area (Å²) in [4.78, 5) is 17.9. The molecule has 0 fully saturated rings. The third-order valence-electron chi connectivity index (χ3n) is 5.66. The number of aromatic nitrogens is 1. The molecule has 35 heavy (non-hydrogen) atoms. The van der Waals surface area contributed by atoms with E-state index in [1.54, 1.807) is 6.92 Å². The van der Waals surface area contributed by atoms with Gasteiger partial charge in [-0.25, -0.2) is 9.79 Å². The summed E-state index contributed by atoms with van der Waals surface area (Å²) >= 11 is 1.27. The number of esters is 1. The number of rotatable bonds is 6. The second-order valence-electron chi connectivity index (χ2n) is 8.02. The van der Waals surface area contributed by atoms with E-state index in [0.29, 0.717) is 15.6 Å². The van der Waals surface area contributed by atoms with Crippen molar-refractivity contribution in [1.82, 2.24) is 4.57 Å². The number of para-hydroxylation sites is 2. The number of nitrogens with zero attached hydrogens (tertiary/aromatic N) is 2. The van der Waals surface area contributed by atoms with E-state index < -0.39 is 5.97 Å². The van der Waals surface area contributed by atoms with Crippen molar-refractivity contribution in [2.24, 2.45) is 4.99 Å². The van der Waals surface area contributed by atoms with E-state index in [9.17, 15) is 9.90 Å². The molecule has 0 spiro atoms. The van der Waals surface area contributed by atoms with E-state index in [-0.39, 0.29) is 17.9 Å². The first kappa shape index (κ1) is 22.7. The number of aliphatic imine (C=N–C) groups is 1. The van der Waals surface area contributed by atoms with Gasteiger partial charge >= 0.3 is 5.97 Å². The highest BCUT2D eigenvalue weighted by Crippen LogP contribution is 2.41. The van der Waals surface area contributed by atoms with Gasteiger partial charge < -0.3 is 14.4 Å². The number of fused-ring (bicyclic) bond motifs is 1. The molecule has 2 heterocycles. The molecule has 4 aromatic rings. The molecule has 6 heteroatoms. The SMILES string of the molecule is CCOC(=O)C1=C(O)/C(=C/c2cn(Cc3ccccc3)c3ccccc23)SC1=Nc1ccccc1. The van der Waals surface area contributed by atoms with Gasteiger partial charge in [-0.15, -0.1) is 0 Å². The van der Waals surface area contributed by atoms with Crippen LogP contribution in [0.5, 0.6) is 0 Å². The molecular formula is C29H24N2O3S. The number of carbonyl (C=O) groups excluding carboxylic acids is 1. The Morgan fingerprint density at radius 3 is 2.43 bits per heavy atom. The molecule has 1 N–H and O–H groups in total. The summed E-state index contributed by atoms with van der Waals surface area (Å²) in [6.45, 7) is 2.68. The van der Waals surface area contributed by atoms with Crippen molar-refractivity contribution in [3.8, 4) is 0 Å². The standard InChI is InChI=1S/C29H24N2O3S/c1-2-34-29(33)26-27(32)25(35-28(26)30-22-13-7-4-8-14-22)17-21-19-31(18-20-11-5-3-6-12-20)24-16-10-9-15-23(21)24/h3-17,19,32H,2,18H2,1H3/b25-17-,30-28?. The summed E-state index contributed by atoms with van der Waals surface area (Å²) in [5, 5.41) is 12.6. The second-order valence-corrected chi connectivity index (χ2v) is 9.05. The fraction of sp³-hybridized carbons (Fsp3) is 0.103. The van der Waals surface area contributed by atoms with Crippen LogP contribution in [0.15, 0.2) is 112 Å². The molecule has 0 radical (unpaired) electrons. The van der Waals surface area contributed by atoms with Crippen molar-refractivity contribution in [2.45, 2.75) is 13.5 Å². The molecule has 5 rings (SSSR count). The predicted molar refractivity (Wildman–Crippen MR) is 143 cm³/mol. The van der Waals surface area contributed by atoms with E-state index in [0.717, 1.165) is 23.0 Å². The average molecular weight is 481 g/mol. The zero-order chi connectivity index (χ0) is 24.2. The van der Waals surface area contributed by atoms with Gasteiger partial charge in [0.2, 0.25) is 0 Å². The van der Waals surface area contributed by atoms with Gasteiger partial charge in [0.05, 0.1) is 17.2 Å². The van der Waals surface area contributed by atoms with Crippen molar-refractivity contribution < 1.29 is 14.6 Å². The van der Waals surface area contributed by atoms with Crippen molar-refractivity contribution in [3.63, 3.8) is 0 Å². The Labute approximate surface area is 208 Å². The van der Waals surface area contributed by atoms with Crippen LogP contribution >= 0.6 is 11.8 Å². The van der Waals surface area contributed by atoms with Crippen LogP contribution < -0.4 is 0 Å². The third-order valence-corrected chi connectivity index (χ3v) is 6.68. The summed E-state index contributed by atoms with van der Waals surface area (Å²) in [7, 11) is 0. The number of hydrogen-bond acceptors (Lipinski definition) is 5. The summed E-state index contributed by atoms with van der Waals surface area (Å²) in [5.41, 5.74) is 4.05. The van der Waals surface area contributed by atoms with E-state index in [2.05, 4.69) is 40.0 Å². The Balaban J connectivity index is 1.57. The minimum atomic E-state index is -0.581. The van der Waals surface area contributed by atoms with Crippen LogP contribution in [0, 0.1) is 0 Å². The Hall–Kier alpha value is -4.03. The van der Waals surface area contributed by atoms with Crippen LogP contribution in [-0.4, -0.2) is 27.3 Å². The molecule has 0 bridgehead atoms. The summed E-state index contributed by atoms with van der Waals surface area (Å²) in [5.74, 6) is -0.690. The molecule has 0 saturated heterocycles. The summed E-state index contributed by atoms with van der Waals surface area (Å²) in [6.07, 6.45) is 3.99. The third kappa shape index (κ3) is 4.79. The number of thioether (sulfide) groups is 1. The van der Waals surface area contributed by atoms with Crippen LogP contribution in [-0.2, 0) is 16.1 Å². The quantitative estimate of drug-likeness (QED) is 0.306. The first-order valence-electron chi connectivity index (χ1n) is 11.4. The lowest BCUT2D eigenvalue weighted by Gasteiger charge is -2.05. The monoisotopic (exact) mass is 480 g/mol. The lowest BCUT2D eigenvalue weighted by molar-refractivity contribution is -0.138. The Morgan fingerprint density at radius 2 is 1.69 bits per heavy atom. The summed E-state index contributed by atoms with van der Waals surface area (Å²) in [6, 6.07) is 27.8. The lowest BCUT2D eigenvalue weighted by Crippen LogP contribution is -2.12. The number of hydrogen-bond donors (Lipinski definition) is 1. The number of aliphatic hydroxyl groups excluding tert-OH is 1.